The Morgan fingerprint density at radius 2 is 1.71 bits per heavy atom. The van der Waals surface area contributed by atoms with Gasteiger partial charge in [0.25, 0.3) is 0 Å². The number of hydrogen-bond donors (Lipinski definition) is 0. The van der Waals surface area contributed by atoms with E-state index < -0.39 is 0 Å². The summed E-state index contributed by atoms with van der Waals surface area (Å²) in [4.78, 5) is 11.8. The number of carbonyl (C=O) groups excluding carboxylic acids is 1. The van der Waals surface area contributed by atoms with Gasteiger partial charge in [-0.1, -0.05) is 42.1 Å². The van der Waals surface area contributed by atoms with Crippen LogP contribution in [-0.2, 0) is 4.79 Å². The summed E-state index contributed by atoms with van der Waals surface area (Å²) in [5.41, 5.74) is 0.459. The molecule has 0 aliphatic heterocycles. The van der Waals surface area contributed by atoms with Crippen LogP contribution in [0.15, 0.2) is 59.5 Å². The summed E-state index contributed by atoms with van der Waals surface area (Å²) in [6.07, 6.45) is 1.86. The summed E-state index contributed by atoms with van der Waals surface area (Å²) in [5.74, 6) is 1.05. The molecule has 3 heteroatoms. The zero-order valence-electron chi connectivity index (χ0n) is 9.13. The van der Waals surface area contributed by atoms with E-state index >= 15 is 0 Å². The van der Waals surface area contributed by atoms with E-state index in [1.165, 1.54) is 0 Å². The van der Waals surface area contributed by atoms with Gasteiger partial charge >= 0.3 is 0 Å². The second kappa shape index (κ2) is 6.11. The van der Waals surface area contributed by atoms with Crippen molar-refractivity contribution in [2.75, 3.05) is 5.94 Å². The molecule has 0 amide bonds. The first-order valence-electron chi connectivity index (χ1n) is 5.18. The Balaban J connectivity index is 1.92. The molecule has 2 rings (SSSR count). The maximum absolute atomic E-state index is 10.6. The monoisotopic (exact) mass is 243 g/mol. The molecule has 0 fully saturated rings. The number of rotatable bonds is 5. The second-order valence-electron chi connectivity index (χ2n) is 3.32. The van der Waals surface area contributed by atoms with Crippen molar-refractivity contribution in [3.05, 3.63) is 60.2 Å². The van der Waals surface area contributed by atoms with Gasteiger partial charge in [-0.2, -0.15) is 0 Å². The number of ether oxygens (including phenoxy) is 1. The fourth-order valence-corrected chi connectivity index (χ4v) is 2.03. The SMILES string of the molecule is O=[C]c1ccccc1OCSc1ccccc1. The van der Waals surface area contributed by atoms with Crippen LogP contribution < -0.4 is 4.74 Å². The molecule has 0 unspecified atom stereocenters. The van der Waals surface area contributed by atoms with Gasteiger partial charge < -0.3 is 4.74 Å². The molecule has 0 saturated carbocycles. The Kier molecular flexibility index (Phi) is 4.22. The number of benzene rings is 2. The van der Waals surface area contributed by atoms with Crippen LogP contribution in [0.25, 0.3) is 0 Å². The predicted octanol–water partition coefficient (Wildman–Crippen LogP) is 3.27. The summed E-state index contributed by atoms with van der Waals surface area (Å²) in [6.45, 7) is 0. The Morgan fingerprint density at radius 1 is 1.00 bits per heavy atom. The Hall–Kier alpha value is -1.74. The first-order chi connectivity index (χ1) is 8.40. The van der Waals surface area contributed by atoms with Crippen molar-refractivity contribution in [3.63, 3.8) is 0 Å². The Bertz CT molecular complexity index is 483. The molecule has 0 spiro atoms. The highest BCUT2D eigenvalue weighted by molar-refractivity contribution is 7.99. The van der Waals surface area contributed by atoms with E-state index in [1.807, 2.05) is 42.7 Å². The minimum Gasteiger partial charge on any atom is -0.482 e. The van der Waals surface area contributed by atoms with E-state index in [2.05, 4.69) is 0 Å². The fraction of sp³-hybridized carbons (Fsp3) is 0.0714. The highest BCUT2D eigenvalue weighted by Gasteiger charge is 2.02. The van der Waals surface area contributed by atoms with Crippen LogP contribution in [0.3, 0.4) is 0 Å². The third kappa shape index (κ3) is 3.36. The van der Waals surface area contributed by atoms with Crippen LogP contribution >= 0.6 is 11.8 Å². The molecule has 0 heterocycles. The van der Waals surface area contributed by atoms with Crippen LogP contribution in [0.2, 0.25) is 0 Å². The highest BCUT2D eigenvalue weighted by atomic mass is 32.2. The van der Waals surface area contributed by atoms with E-state index in [1.54, 1.807) is 30.0 Å². The van der Waals surface area contributed by atoms with Gasteiger partial charge in [-0.25, -0.2) is 0 Å². The molecule has 2 nitrogen and oxygen atoms in total. The predicted molar refractivity (Wildman–Crippen MR) is 69.0 cm³/mol. The molecule has 0 aliphatic rings. The van der Waals surface area contributed by atoms with Crippen molar-refractivity contribution < 1.29 is 9.53 Å². The van der Waals surface area contributed by atoms with E-state index in [0.29, 0.717) is 17.3 Å². The van der Waals surface area contributed by atoms with Crippen LogP contribution in [0.5, 0.6) is 5.75 Å². The Morgan fingerprint density at radius 3 is 2.47 bits per heavy atom. The van der Waals surface area contributed by atoms with Crippen molar-refractivity contribution in [2.45, 2.75) is 4.90 Å². The van der Waals surface area contributed by atoms with Gasteiger partial charge in [0.05, 0.1) is 5.56 Å². The van der Waals surface area contributed by atoms with Gasteiger partial charge in [-0.05, 0) is 24.3 Å². The number of para-hydroxylation sites is 1. The molecule has 1 radical (unpaired) electrons. The first-order valence-corrected chi connectivity index (χ1v) is 6.16. The lowest BCUT2D eigenvalue weighted by Crippen LogP contribution is -1.96. The van der Waals surface area contributed by atoms with Gasteiger partial charge in [0, 0.05) is 4.90 Å². The fourth-order valence-electron chi connectivity index (χ4n) is 1.35. The topological polar surface area (TPSA) is 26.3 Å². The lowest BCUT2D eigenvalue weighted by molar-refractivity contribution is 0.391. The van der Waals surface area contributed by atoms with Gasteiger partial charge in [0.15, 0.2) is 0 Å². The van der Waals surface area contributed by atoms with Gasteiger partial charge in [-0.3, -0.25) is 4.79 Å². The van der Waals surface area contributed by atoms with E-state index in [-0.39, 0.29) is 0 Å². The molecule has 85 valence electrons. The molecule has 0 aliphatic carbocycles. The average Bonchev–Trinajstić information content (AvgIpc) is 2.40. The van der Waals surface area contributed by atoms with Crippen LogP contribution in [0, 0.1) is 0 Å². The molecule has 0 saturated heterocycles. The molecular weight excluding hydrogens is 232 g/mol. The third-order valence-electron chi connectivity index (χ3n) is 2.18. The van der Waals surface area contributed by atoms with Crippen molar-refractivity contribution in [2.24, 2.45) is 0 Å². The molecular formula is C14H11O2S. The molecule has 2 aromatic carbocycles. The van der Waals surface area contributed by atoms with Crippen molar-refractivity contribution in [1.82, 2.24) is 0 Å². The van der Waals surface area contributed by atoms with Crippen LogP contribution in [0.1, 0.15) is 5.56 Å². The van der Waals surface area contributed by atoms with Crippen molar-refractivity contribution >= 4 is 18.0 Å². The minimum atomic E-state index is 0.459. The summed E-state index contributed by atoms with van der Waals surface area (Å²) in [6, 6.07) is 17.1. The second-order valence-corrected chi connectivity index (χ2v) is 4.31. The zero-order chi connectivity index (χ0) is 11.9. The molecule has 0 atom stereocenters. The number of thioether (sulfide) groups is 1. The minimum absolute atomic E-state index is 0.459. The normalized spacial score (nSPS) is 9.88. The molecule has 2 aromatic rings. The quantitative estimate of drug-likeness (QED) is 0.595. The van der Waals surface area contributed by atoms with Crippen molar-refractivity contribution in [1.29, 1.82) is 0 Å². The van der Waals surface area contributed by atoms with Crippen LogP contribution in [-0.4, -0.2) is 12.2 Å². The van der Waals surface area contributed by atoms with E-state index in [4.69, 9.17) is 4.74 Å². The maximum atomic E-state index is 10.6. The summed E-state index contributed by atoms with van der Waals surface area (Å²) in [5, 5.41) is 0. The molecule has 0 N–H and O–H groups in total. The summed E-state index contributed by atoms with van der Waals surface area (Å²) in [7, 11) is 0. The van der Waals surface area contributed by atoms with Crippen molar-refractivity contribution in [3.8, 4) is 5.75 Å². The van der Waals surface area contributed by atoms with Gasteiger partial charge in [-0.15, -0.1) is 0 Å². The Labute approximate surface area is 105 Å². The highest BCUT2D eigenvalue weighted by Crippen LogP contribution is 2.21. The number of hydrogen-bond acceptors (Lipinski definition) is 3. The lowest BCUT2D eigenvalue weighted by atomic mass is 10.2. The first kappa shape index (κ1) is 11.7. The summed E-state index contributed by atoms with van der Waals surface area (Å²) < 4.78 is 5.53. The lowest BCUT2D eigenvalue weighted by Gasteiger charge is -2.07. The zero-order valence-corrected chi connectivity index (χ0v) is 9.94. The third-order valence-corrected chi connectivity index (χ3v) is 3.02. The largest absolute Gasteiger partial charge is 0.482 e. The summed E-state index contributed by atoms with van der Waals surface area (Å²) >= 11 is 1.58. The average molecular weight is 243 g/mol. The van der Waals surface area contributed by atoms with E-state index in [9.17, 15) is 4.79 Å². The van der Waals surface area contributed by atoms with Gasteiger partial charge in [0.1, 0.15) is 11.7 Å². The molecule has 17 heavy (non-hydrogen) atoms. The van der Waals surface area contributed by atoms with Gasteiger partial charge in [0.2, 0.25) is 6.29 Å². The van der Waals surface area contributed by atoms with E-state index in [0.717, 1.165) is 4.90 Å². The smallest absolute Gasteiger partial charge is 0.237 e. The molecule has 0 bridgehead atoms. The maximum Gasteiger partial charge on any atom is 0.237 e. The van der Waals surface area contributed by atoms with Crippen LogP contribution in [0.4, 0.5) is 0 Å². The standard InChI is InChI=1S/C14H11O2S/c15-10-12-6-4-5-9-14(12)16-11-17-13-7-2-1-3-8-13/h1-9H,11H2. The molecule has 0 aromatic heterocycles.